The predicted molar refractivity (Wildman–Crippen MR) is 101 cm³/mol. The summed E-state index contributed by atoms with van der Waals surface area (Å²) in [4.78, 5) is 18.8. The minimum atomic E-state index is -0.193. The van der Waals surface area contributed by atoms with E-state index in [9.17, 15) is 4.79 Å². The van der Waals surface area contributed by atoms with Crippen molar-refractivity contribution in [3.05, 3.63) is 65.5 Å². The number of hydrogen-bond donors (Lipinski definition) is 2. The van der Waals surface area contributed by atoms with Gasteiger partial charge in [-0.25, -0.2) is 4.79 Å². The molecule has 0 saturated carbocycles. The van der Waals surface area contributed by atoms with Gasteiger partial charge in [-0.2, -0.15) is 0 Å². The van der Waals surface area contributed by atoms with Crippen LogP contribution in [-0.4, -0.2) is 42.2 Å². The number of pyridine rings is 1. The Kier molecular flexibility index (Phi) is 6.57. The molecule has 0 spiro atoms. The van der Waals surface area contributed by atoms with Crippen LogP contribution < -0.4 is 10.6 Å². The maximum absolute atomic E-state index is 12.1. The molecule has 2 heterocycles. The summed E-state index contributed by atoms with van der Waals surface area (Å²) >= 11 is 0. The van der Waals surface area contributed by atoms with Crippen LogP contribution in [-0.2, 0) is 17.8 Å². The van der Waals surface area contributed by atoms with Gasteiger partial charge in [-0.15, -0.1) is 0 Å². The number of urea groups is 1. The quantitative estimate of drug-likeness (QED) is 0.836. The SMILES string of the molecule is CC(NC(=O)NCc1cccc(CN2CCOCC2)c1)c1ccccn1. The molecule has 1 fully saturated rings. The van der Waals surface area contributed by atoms with Gasteiger partial charge in [0, 0.05) is 32.4 Å². The number of morpholine rings is 1. The zero-order valence-corrected chi connectivity index (χ0v) is 15.1. The third kappa shape index (κ3) is 5.54. The van der Waals surface area contributed by atoms with Crippen LogP contribution in [0.2, 0.25) is 0 Å². The Morgan fingerprint density at radius 3 is 2.77 bits per heavy atom. The van der Waals surface area contributed by atoms with Gasteiger partial charge in [0.1, 0.15) is 0 Å². The van der Waals surface area contributed by atoms with Crippen molar-refractivity contribution in [1.29, 1.82) is 0 Å². The molecule has 1 aliphatic rings. The highest BCUT2D eigenvalue weighted by molar-refractivity contribution is 5.74. The van der Waals surface area contributed by atoms with E-state index in [1.165, 1.54) is 5.56 Å². The normalized spacial score (nSPS) is 16.0. The zero-order chi connectivity index (χ0) is 18.2. The van der Waals surface area contributed by atoms with E-state index in [2.05, 4.69) is 32.7 Å². The van der Waals surface area contributed by atoms with Gasteiger partial charge < -0.3 is 15.4 Å². The summed E-state index contributed by atoms with van der Waals surface area (Å²) in [5.41, 5.74) is 3.19. The number of rotatable bonds is 6. The van der Waals surface area contributed by atoms with Crippen LogP contribution in [0.4, 0.5) is 4.79 Å². The fraction of sp³-hybridized carbons (Fsp3) is 0.400. The molecule has 2 amide bonds. The highest BCUT2D eigenvalue weighted by Gasteiger charge is 2.12. The van der Waals surface area contributed by atoms with Gasteiger partial charge >= 0.3 is 6.03 Å². The minimum Gasteiger partial charge on any atom is -0.379 e. The van der Waals surface area contributed by atoms with Crippen LogP contribution in [0.15, 0.2) is 48.7 Å². The third-order valence-electron chi connectivity index (χ3n) is 4.43. The number of benzene rings is 1. The summed E-state index contributed by atoms with van der Waals surface area (Å²) in [5.74, 6) is 0. The number of carbonyl (C=O) groups is 1. The molecule has 6 nitrogen and oxygen atoms in total. The van der Waals surface area contributed by atoms with Crippen molar-refractivity contribution in [2.45, 2.75) is 26.1 Å². The lowest BCUT2D eigenvalue weighted by atomic mass is 10.1. The Labute approximate surface area is 154 Å². The molecule has 1 unspecified atom stereocenters. The molecular formula is C20H26N4O2. The molecule has 0 radical (unpaired) electrons. The Balaban J connectivity index is 1.48. The number of amides is 2. The maximum Gasteiger partial charge on any atom is 0.315 e. The molecule has 6 heteroatoms. The van der Waals surface area contributed by atoms with Crippen molar-refractivity contribution in [3.8, 4) is 0 Å². The monoisotopic (exact) mass is 354 g/mol. The molecule has 2 N–H and O–H groups in total. The summed E-state index contributed by atoms with van der Waals surface area (Å²) in [7, 11) is 0. The predicted octanol–water partition coefficient (Wildman–Crippen LogP) is 2.47. The molecule has 1 aliphatic heterocycles. The first-order valence-electron chi connectivity index (χ1n) is 9.04. The first-order valence-corrected chi connectivity index (χ1v) is 9.04. The summed E-state index contributed by atoms with van der Waals surface area (Å²) in [6.45, 7) is 6.88. The van der Waals surface area contributed by atoms with Gasteiger partial charge in [0.2, 0.25) is 0 Å². The van der Waals surface area contributed by atoms with Crippen LogP contribution in [0.5, 0.6) is 0 Å². The van der Waals surface area contributed by atoms with E-state index < -0.39 is 0 Å². The average molecular weight is 354 g/mol. The average Bonchev–Trinajstić information content (AvgIpc) is 2.68. The maximum atomic E-state index is 12.1. The number of carbonyl (C=O) groups excluding carboxylic acids is 1. The van der Waals surface area contributed by atoms with Crippen LogP contribution in [0.3, 0.4) is 0 Å². The van der Waals surface area contributed by atoms with Crippen molar-refractivity contribution < 1.29 is 9.53 Å². The number of ether oxygens (including phenoxy) is 1. The van der Waals surface area contributed by atoms with Gasteiger partial charge in [-0.05, 0) is 30.2 Å². The molecule has 0 bridgehead atoms. The van der Waals surface area contributed by atoms with Crippen LogP contribution in [0.1, 0.15) is 29.8 Å². The Bertz CT molecular complexity index is 702. The Hall–Kier alpha value is -2.44. The van der Waals surface area contributed by atoms with E-state index in [1.54, 1.807) is 6.20 Å². The van der Waals surface area contributed by atoms with Crippen LogP contribution >= 0.6 is 0 Å². The lowest BCUT2D eigenvalue weighted by Gasteiger charge is -2.26. The Morgan fingerprint density at radius 2 is 2.00 bits per heavy atom. The highest BCUT2D eigenvalue weighted by atomic mass is 16.5. The fourth-order valence-corrected chi connectivity index (χ4v) is 2.99. The molecular weight excluding hydrogens is 328 g/mol. The van der Waals surface area contributed by atoms with E-state index in [4.69, 9.17) is 4.74 Å². The standard InChI is InChI=1S/C20H26N4O2/c1-16(19-7-2-3-8-21-19)23-20(25)22-14-17-5-4-6-18(13-17)15-24-9-11-26-12-10-24/h2-8,13,16H,9-12,14-15H2,1H3,(H2,22,23,25). The number of aromatic nitrogens is 1. The minimum absolute atomic E-state index is 0.135. The van der Waals surface area contributed by atoms with Gasteiger partial charge in [0.05, 0.1) is 24.9 Å². The molecule has 0 aliphatic carbocycles. The first kappa shape index (κ1) is 18.4. The van der Waals surface area contributed by atoms with Gasteiger partial charge in [0.15, 0.2) is 0 Å². The van der Waals surface area contributed by atoms with Gasteiger partial charge in [-0.3, -0.25) is 9.88 Å². The number of hydrogen-bond acceptors (Lipinski definition) is 4. The molecule has 1 aromatic heterocycles. The molecule has 1 saturated heterocycles. The summed E-state index contributed by atoms with van der Waals surface area (Å²) < 4.78 is 5.39. The van der Waals surface area contributed by atoms with Gasteiger partial charge in [-0.1, -0.05) is 30.3 Å². The second-order valence-corrected chi connectivity index (χ2v) is 6.51. The van der Waals surface area contributed by atoms with E-state index >= 15 is 0 Å². The fourth-order valence-electron chi connectivity index (χ4n) is 2.99. The highest BCUT2D eigenvalue weighted by Crippen LogP contribution is 2.10. The van der Waals surface area contributed by atoms with Gasteiger partial charge in [0.25, 0.3) is 0 Å². The number of nitrogens with zero attached hydrogens (tertiary/aromatic N) is 2. The largest absolute Gasteiger partial charge is 0.379 e. The summed E-state index contributed by atoms with van der Waals surface area (Å²) in [6.07, 6.45) is 1.73. The lowest BCUT2D eigenvalue weighted by Crippen LogP contribution is -2.37. The molecule has 1 aromatic carbocycles. The second kappa shape index (κ2) is 9.31. The van der Waals surface area contributed by atoms with E-state index in [-0.39, 0.29) is 12.1 Å². The Morgan fingerprint density at radius 1 is 1.19 bits per heavy atom. The molecule has 26 heavy (non-hydrogen) atoms. The zero-order valence-electron chi connectivity index (χ0n) is 15.1. The van der Waals surface area contributed by atoms with E-state index in [0.717, 1.165) is 44.1 Å². The second-order valence-electron chi connectivity index (χ2n) is 6.51. The summed E-state index contributed by atoms with van der Waals surface area (Å²) in [5, 5.41) is 5.83. The van der Waals surface area contributed by atoms with Crippen molar-refractivity contribution >= 4 is 6.03 Å². The van der Waals surface area contributed by atoms with E-state index in [0.29, 0.717) is 6.54 Å². The molecule has 2 aromatic rings. The number of nitrogens with one attached hydrogen (secondary N) is 2. The van der Waals surface area contributed by atoms with Crippen molar-refractivity contribution in [1.82, 2.24) is 20.5 Å². The summed E-state index contributed by atoms with van der Waals surface area (Å²) in [6, 6.07) is 13.7. The first-order chi connectivity index (χ1) is 12.7. The third-order valence-corrected chi connectivity index (χ3v) is 4.43. The van der Waals surface area contributed by atoms with E-state index in [1.807, 2.05) is 37.3 Å². The van der Waals surface area contributed by atoms with Crippen molar-refractivity contribution in [2.75, 3.05) is 26.3 Å². The lowest BCUT2D eigenvalue weighted by molar-refractivity contribution is 0.0342. The van der Waals surface area contributed by atoms with Crippen LogP contribution in [0, 0.1) is 0 Å². The molecule has 3 rings (SSSR count). The van der Waals surface area contributed by atoms with Crippen molar-refractivity contribution in [2.24, 2.45) is 0 Å². The van der Waals surface area contributed by atoms with Crippen LogP contribution in [0.25, 0.3) is 0 Å². The topological polar surface area (TPSA) is 66.5 Å². The van der Waals surface area contributed by atoms with Crippen molar-refractivity contribution in [3.63, 3.8) is 0 Å². The molecule has 1 atom stereocenters. The smallest absolute Gasteiger partial charge is 0.315 e. The molecule has 138 valence electrons.